The van der Waals surface area contributed by atoms with Crippen molar-refractivity contribution in [3.05, 3.63) is 34.1 Å². The number of rotatable bonds is 3. The molecule has 3 rings (SSSR count). The fraction of sp³-hybridized carbons (Fsp3) is 0.667. The van der Waals surface area contributed by atoms with E-state index >= 15 is 0 Å². The van der Waals surface area contributed by atoms with E-state index in [2.05, 4.69) is 15.9 Å². The van der Waals surface area contributed by atoms with Crippen LogP contribution >= 0.6 is 15.9 Å². The van der Waals surface area contributed by atoms with Crippen LogP contribution in [0.1, 0.15) is 50.5 Å². The molecule has 0 spiro atoms. The van der Waals surface area contributed by atoms with E-state index in [-0.39, 0.29) is 5.82 Å². The molecule has 2 fully saturated rings. The van der Waals surface area contributed by atoms with Gasteiger partial charge < -0.3 is 5.11 Å². The average molecular weight is 355 g/mol. The highest BCUT2D eigenvalue weighted by Crippen LogP contribution is 2.43. The molecule has 21 heavy (non-hydrogen) atoms. The summed E-state index contributed by atoms with van der Waals surface area (Å²) in [6.45, 7) is 0. The third-order valence-electron chi connectivity index (χ3n) is 5.57. The lowest BCUT2D eigenvalue weighted by Gasteiger charge is -2.40. The third-order valence-corrected chi connectivity index (χ3v) is 6.06. The highest BCUT2D eigenvalue weighted by Gasteiger charge is 2.34. The zero-order valence-corrected chi connectivity index (χ0v) is 14.0. The van der Waals surface area contributed by atoms with Gasteiger partial charge in [0.25, 0.3) is 0 Å². The molecule has 0 saturated heterocycles. The summed E-state index contributed by atoms with van der Waals surface area (Å²) in [5, 5.41) is 10.5. The summed E-state index contributed by atoms with van der Waals surface area (Å²) in [5.41, 5.74) is 0.636. The number of halogens is 2. The summed E-state index contributed by atoms with van der Waals surface area (Å²) in [7, 11) is 0. The summed E-state index contributed by atoms with van der Waals surface area (Å²) in [4.78, 5) is 0. The molecule has 1 N–H and O–H groups in total. The molecule has 4 atom stereocenters. The summed E-state index contributed by atoms with van der Waals surface area (Å²) in [5.74, 6) is 1.84. The van der Waals surface area contributed by atoms with E-state index in [1.54, 1.807) is 6.07 Å². The van der Waals surface area contributed by atoms with Crippen molar-refractivity contribution in [1.29, 1.82) is 0 Å². The van der Waals surface area contributed by atoms with Crippen LogP contribution in [0.25, 0.3) is 0 Å². The van der Waals surface area contributed by atoms with Crippen LogP contribution < -0.4 is 0 Å². The van der Waals surface area contributed by atoms with Gasteiger partial charge in [0.1, 0.15) is 5.82 Å². The molecule has 0 aromatic heterocycles. The molecule has 4 unspecified atom stereocenters. The maximum absolute atomic E-state index is 13.9. The van der Waals surface area contributed by atoms with Crippen LogP contribution in [0.5, 0.6) is 0 Å². The highest BCUT2D eigenvalue weighted by molar-refractivity contribution is 9.10. The minimum absolute atomic E-state index is 0.213. The Bertz CT molecular complexity index is 490. The van der Waals surface area contributed by atoms with Crippen molar-refractivity contribution in [1.82, 2.24) is 0 Å². The van der Waals surface area contributed by atoms with Crippen molar-refractivity contribution in [2.45, 2.75) is 57.5 Å². The lowest BCUT2D eigenvalue weighted by atomic mass is 9.66. The Kier molecular flexibility index (Phi) is 5.00. The Balaban J connectivity index is 1.61. The summed E-state index contributed by atoms with van der Waals surface area (Å²) < 4.78 is 14.7. The second-order valence-corrected chi connectivity index (χ2v) is 7.80. The first-order chi connectivity index (χ1) is 10.1. The smallest absolute Gasteiger partial charge is 0.127 e. The van der Waals surface area contributed by atoms with Gasteiger partial charge in [-0.05, 0) is 54.7 Å². The van der Waals surface area contributed by atoms with Gasteiger partial charge in [-0.25, -0.2) is 4.39 Å². The van der Waals surface area contributed by atoms with E-state index in [0.29, 0.717) is 17.9 Å². The number of aliphatic hydroxyl groups excluding tert-OH is 1. The Morgan fingerprint density at radius 3 is 2.67 bits per heavy atom. The van der Waals surface area contributed by atoms with Gasteiger partial charge in [0.2, 0.25) is 0 Å². The molecule has 3 heteroatoms. The van der Waals surface area contributed by atoms with Crippen LogP contribution in [0.2, 0.25) is 0 Å². The molecule has 1 nitrogen and oxygen atoms in total. The topological polar surface area (TPSA) is 20.2 Å². The Morgan fingerprint density at radius 2 is 1.90 bits per heavy atom. The Hall–Kier alpha value is -0.410. The van der Waals surface area contributed by atoms with Gasteiger partial charge in [0.05, 0.1) is 6.10 Å². The van der Waals surface area contributed by atoms with Gasteiger partial charge in [-0.2, -0.15) is 0 Å². The molecule has 2 aliphatic carbocycles. The Labute approximate surface area is 135 Å². The number of hydrogen-bond donors (Lipinski definition) is 1. The molecule has 0 aliphatic heterocycles. The van der Waals surface area contributed by atoms with Crippen LogP contribution in [-0.2, 0) is 6.42 Å². The van der Waals surface area contributed by atoms with Crippen molar-refractivity contribution in [2.24, 2.45) is 17.8 Å². The molecular weight excluding hydrogens is 331 g/mol. The van der Waals surface area contributed by atoms with E-state index in [9.17, 15) is 9.50 Å². The van der Waals surface area contributed by atoms with E-state index in [1.807, 2.05) is 6.07 Å². The van der Waals surface area contributed by atoms with Crippen molar-refractivity contribution in [3.63, 3.8) is 0 Å². The Morgan fingerprint density at radius 1 is 1.14 bits per heavy atom. The van der Waals surface area contributed by atoms with Crippen molar-refractivity contribution in [2.75, 3.05) is 0 Å². The quantitative estimate of drug-likeness (QED) is 0.800. The number of fused-ring (bicyclic) bond motifs is 1. The van der Waals surface area contributed by atoms with Crippen molar-refractivity contribution < 1.29 is 9.50 Å². The predicted octanol–water partition coefficient (Wildman–Crippen LogP) is 5.10. The fourth-order valence-electron chi connectivity index (χ4n) is 4.34. The lowest BCUT2D eigenvalue weighted by molar-refractivity contribution is 0.0356. The highest BCUT2D eigenvalue weighted by atomic mass is 79.9. The van der Waals surface area contributed by atoms with Crippen LogP contribution in [0.3, 0.4) is 0 Å². The van der Waals surface area contributed by atoms with Gasteiger partial charge in [-0.1, -0.05) is 47.7 Å². The van der Waals surface area contributed by atoms with E-state index in [0.717, 1.165) is 29.2 Å². The van der Waals surface area contributed by atoms with Gasteiger partial charge >= 0.3 is 0 Å². The van der Waals surface area contributed by atoms with E-state index in [1.165, 1.54) is 38.2 Å². The second kappa shape index (κ2) is 6.78. The van der Waals surface area contributed by atoms with Crippen LogP contribution in [0.4, 0.5) is 4.39 Å². The maximum atomic E-state index is 13.9. The van der Waals surface area contributed by atoms with Crippen LogP contribution in [0.15, 0.2) is 22.7 Å². The summed E-state index contributed by atoms with van der Waals surface area (Å²) >= 11 is 3.27. The minimum atomic E-state index is -0.399. The van der Waals surface area contributed by atoms with Crippen LogP contribution in [-0.4, -0.2) is 11.2 Å². The van der Waals surface area contributed by atoms with Gasteiger partial charge in [-0.3, -0.25) is 0 Å². The monoisotopic (exact) mass is 354 g/mol. The van der Waals surface area contributed by atoms with E-state index in [4.69, 9.17) is 0 Å². The van der Waals surface area contributed by atoms with Gasteiger partial charge in [0.15, 0.2) is 0 Å². The molecular formula is C18H24BrFO. The lowest BCUT2D eigenvalue weighted by Crippen LogP contribution is -2.34. The van der Waals surface area contributed by atoms with E-state index < -0.39 is 6.10 Å². The number of aliphatic hydroxyl groups is 1. The first kappa shape index (κ1) is 15.5. The molecule has 0 amide bonds. The largest absolute Gasteiger partial charge is 0.392 e. The number of hydrogen-bond acceptors (Lipinski definition) is 1. The normalized spacial score (nSPS) is 30.7. The molecule has 2 aliphatic rings. The molecule has 0 heterocycles. The standard InChI is InChI=1S/C18H24BrFO/c19-16-8-7-14(17(20)11-16)10-18(21)15-6-5-12-3-1-2-4-13(12)9-15/h7-8,11-13,15,18,21H,1-6,9-10H2. The first-order valence-electron chi connectivity index (χ1n) is 8.25. The zero-order valence-electron chi connectivity index (χ0n) is 12.4. The van der Waals surface area contributed by atoms with Crippen LogP contribution in [0, 0.1) is 23.6 Å². The second-order valence-electron chi connectivity index (χ2n) is 6.88. The van der Waals surface area contributed by atoms with Crippen molar-refractivity contribution in [3.8, 4) is 0 Å². The maximum Gasteiger partial charge on any atom is 0.127 e. The predicted molar refractivity (Wildman–Crippen MR) is 86.6 cm³/mol. The molecule has 1 aromatic rings. The first-order valence-corrected chi connectivity index (χ1v) is 9.05. The SMILES string of the molecule is OC(Cc1ccc(Br)cc1F)C1CCC2CCCCC2C1. The zero-order chi connectivity index (χ0) is 14.8. The van der Waals surface area contributed by atoms with Crippen molar-refractivity contribution >= 4 is 15.9 Å². The third kappa shape index (κ3) is 3.68. The molecule has 0 bridgehead atoms. The number of benzene rings is 1. The van der Waals surface area contributed by atoms with Gasteiger partial charge in [-0.15, -0.1) is 0 Å². The molecule has 116 valence electrons. The summed E-state index contributed by atoms with van der Waals surface area (Å²) in [6.07, 6.45) is 9.02. The van der Waals surface area contributed by atoms with Gasteiger partial charge in [0, 0.05) is 10.9 Å². The molecule has 0 radical (unpaired) electrons. The summed E-state index contributed by atoms with van der Waals surface area (Å²) in [6, 6.07) is 5.12. The molecule has 2 saturated carbocycles. The minimum Gasteiger partial charge on any atom is -0.392 e. The average Bonchev–Trinajstić information content (AvgIpc) is 2.49. The molecule has 1 aromatic carbocycles. The fourth-order valence-corrected chi connectivity index (χ4v) is 4.67.